The molecule has 0 aliphatic rings. The Morgan fingerprint density at radius 2 is 1.79 bits per heavy atom. The molecule has 8 heteroatoms. The maximum absolute atomic E-state index is 12.2. The van der Waals surface area contributed by atoms with Crippen molar-refractivity contribution in [2.45, 2.75) is 6.92 Å². The van der Waals surface area contributed by atoms with Gasteiger partial charge in [0.25, 0.3) is 5.91 Å². The maximum Gasteiger partial charge on any atom is 0.264 e. The lowest BCUT2D eigenvalue weighted by Crippen LogP contribution is -2.20. The van der Waals surface area contributed by atoms with Crippen molar-refractivity contribution in [1.29, 1.82) is 0 Å². The third-order valence-electron chi connectivity index (χ3n) is 4.07. The van der Waals surface area contributed by atoms with Gasteiger partial charge in [0.1, 0.15) is 5.75 Å². The number of aromatic nitrogens is 1. The van der Waals surface area contributed by atoms with Crippen LogP contribution in [0.15, 0.2) is 47.8 Å². The number of amides is 1. The lowest BCUT2D eigenvalue weighted by molar-refractivity contribution is -0.118. The zero-order valence-electron chi connectivity index (χ0n) is 16.2. The van der Waals surface area contributed by atoms with Crippen LogP contribution >= 0.6 is 11.3 Å². The Bertz CT molecular complexity index is 1010. The van der Waals surface area contributed by atoms with Gasteiger partial charge in [0, 0.05) is 16.5 Å². The van der Waals surface area contributed by atoms with Crippen LogP contribution in [-0.2, 0) is 4.79 Å². The molecule has 1 amide bonds. The van der Waals surface area contributed by atoms with Gasteiger partial charge in [-0.3, -0.25) is 14.9 Å². The number of methoxy groups -OCH3 is 2. The Hall–Kier alpha value is -3.39. The molecule has 0 radical (unpaired) electrons. The monoisotopic (exact) mass is 412 g/mol. The summed E-state index contributed by atoms with van der Waals surface area (Å²) in [6.07, 6.45) is 0. The molecule has 1 aromatic heterocycles. The van der Waals surface area contributed by atoms with Crippen molar-refractivity contribution in [2.24, 2.45) is 0 Å². The van der Waals surface area contributed by atoms with Crippen LogP contribution in [0.1, 0.15) is 17.3 Å². The summed E-state index contributed by atoms with van der Waals surface area (Å²) in [6, 6.07) is 12.3. The molecule has 3 aromatic rings. The van der Waals surface area contributed by atoms with Crippen molar-refractivity contribution in [1.82, 2.24) is 4.98 Å². The van der Waals surface area contributed by atoms with E-state index in [2.05, 4.69) is 10.3 Å². The SMILES string of the molecule is COc1ccc(-c2csc(NC(=O)COc3ccc(C(C)=O)cc3OC)n2)cc1. The molecule has 0 saturated carbocycles. The minimum Gasteiger partial charge on any atom is -0.497 e. The Morgan fingerprint density at radius 3 is 2.45 bits per heavy atom. The number of benzene rings is 2. The second kappa shape index (κ2) is 9.20. The van der Waals surface area contributed by atoms with E-state index in [1.165, 1.54) is 25.4 Å². The number of anilines is 1. The molecular formula is C21H20N2O5S. The zero-order valence-corrected chi connectivity index (χ0v) is 17.0. The van der Waals surface area contributed by atoms with Gasteiger partial charge in [-0.25, -0.2) is 4.98 Å². The number of hydrogen-bond donors (Lipinski definition) is 1. The van der Waals surface area contributed by atoms with Crippen molar-refractivity contribution in [2.75, 3.05) is 26.1 Å². The number of ketones is 1. The molecule has 2 aromatic carbocycles. The fraction of sp³-hybridized carbons (Fsp3) is 0.190. The van der Waals surface area contributed by atoms with Crippen LogP contribution in [-0.4, -0.2) is 37.5 Å². The van der Waals surface area contributed by atoms with Crippen molar-refractivity contribution < 1.29 is 23.8 Å². The van der Waals surface area contributed by atoms with Gasteiger partial charge in [0.2, 0.25) is 0 Å². The largest absolute Gasteiger partial charge is 0.497 e. The number of thiazole rings is 1. The second-order valence-electron chi connectivity index (χ2n) is 6.03. The molecule has 3 rings (SSSR count). The lowest BCUT2D eigenvalue weighted by Gasteiger charge is -2.11. The molecule has 0 spiro atoms. The summed E-state index contributed by atoms with van der Waals surface area (Å²) in [7, 11) is 3.09. The minimum atomic E-state index is -0.349. The summed E-state index contributed by atoms with van der Waals surface area (Å²) >= 11 is 1.33. The molecule has 0 aliphatic heterocycles. The Kier molecular flexibility index (Phi) is 6.46. The first-order chi connectivity index (χ1) is 14.0. The van der Waals surface area contributed by atoms with Gasteiger partial charge in [-0.1, -0.05) is 0 Å². The van der Waals surface area contributed by atoms with Crippen molar-refractivity contribution in [3.63, 3.8) is 0 Å². The summed E-state index contributed by atoms with van der Waals surface area (Å²) in [5, 5.41) is 5.05. The van der Waals surface area contributed by atoms with Gasteiger partial charge in [0.15, 0.2) is 29.0 Å². The Labute approximate surface area is 172 Å². The minimum absolute atomic E-state index is 0.0796. The van der Waals surface area contributed by atoms with Crippen molar-refractivity contribution >= 4 is 28.2 Å². The average molecular weight is 412 g/mol. The first-order valence-corrected chi connectivity index (χ1v) is 9.59. The fourth-order valence-electron chi connectivity index (χ4n) is 2.53. The first-order valence-electron chi connectivity index (χ1n) is 8.71. The molecule has 0 saturated heterocycles. The molecule has 0 aliphatic carbocycles. The quantitative estimate of drug-likeness (QED) is 0.562. The van der Waals surface area contributed by atoms with E-state index in [9.17, 15) is 9.59 Å². The number of carbonyl (C=O) groups excluding carboxylic acids is 2. The second-order valence-corrected chi connectivity index (χ2v) is 6.88. The number of rotatable bonds is 8. The smallest absolute Gasteiger partial charge is 0.264 e. The molecule has 0 fully saturated rings. The molecule has 0 atom stereocenters. The van der Waals surface area contributed by atoms with E-state index in [-0.39, 0.29) is 18.3 Å². The number of ether oxygens (including phenoxy) is 3. The maximum atomic E-state index is 12.2. The standard InChI is InChI=1S/C21H20N2O5S/c1-13(24)15-6-9-18(19(10-15)27-3)28-11-20(25)23-21-22-17(12-29-21)14-4-7-16(26-2)8-5-14/h4-10,12H,11H2,1-3H3,(H,22,23,25). The van der Waals surface area contributed by atoms with Gasteiger partial charge in [-0.05, 0) is 49.4 Å². The lowest BCUT2D eigenvalue weighted by atomic mass is 10.1. The van der Waals surface area contributed by atoms with E-state index in [1.807, 2.05) is 29.6 Å². The van der Waals surface area contributed by atoms with E-state index in [0.29, 0.717) is 22.2 Å². The normalized spacial score (nSPS) is 10.3. The Balaban J connectivity index is 1.60. The van der Waals surface area contributed by atoms with Gasteiger partial charge in [0.05, 0.1) is 19.9 Å². The van der Waals surface area contributed by atoms with Crippen LogP contribution in [0.4, 0.5) is 5.13 Å². The molecule has 0 unspecified atom stereocenters. The molecule has 1 N–H and O–H groups in total. The fourth-order valence-corrected chi connectivity index (χ4v) is 3.27. The Morgan fingerprint density at radius 1 is 1.03 bits per heavy atom. The predicted octanol–water partition coefficient (Wildman–Crippen LogP) is 4.05. The third kappa shape index (κ3) is 5.11. The average Bonchev–Trinajstić information content (AvgIpc) is 3.20. The van der Waals surface area contributed by atoms with Gasteiger partial charge in [-0.2, -0.15) is 0 Å². The summed E-state index contributed by atoms with van der Waals surface area (Å²) in [5.74, 6) is 1.11. The highest BCUT2D eigenvalue weighted by Gasteiger charge is 2.12. The number of Topliss-reactive ketones (excluding diaryl/α,β-unsaturated/α-hetero) is 1. The van der Waals surface area contributed by atoms with E-state index in [1.54, 1.807) is 25.3 Å². The molecule has 7 nitrogen and oxygen atoms in total. The van der Waals surface area contributed by atoms with Gasteiger partial charge >= 0.3 is 0 Å². The van der Waals surface area contributed by atoms with Crippen LogP contribution in [0.2, 0.25) is 0 Å². The molecular weight excluding hydrogens is 392 g/mol. The van der Waals surface area contributed by atoms with E-state index in [4.69, 9.17) is 14.2 Å². The summed E-state index contributed by atoms with van der Waals surface area (Å²) in [5.41, 5.74) is 2.19. The molecule has 150 valence electrons. The highest BCUT2D eigenvalue weighted by molar-refractivity contribution is 7.14. The summed E-state index contributed by atoms with van der Waals surface area (Å²) in [4.78, 5) is 28.1. The topological polar surface area (TPSA) is 86.8 Å². The summed E-state index contributed by atoms with van der Waals surface area (Å²) < 4.78 is 15.9. The van der Waals surface area contributed by atoms with Crippen LogP contribution in [0.5, 0.6) is 17.2 Å². The predicted molar refractivity (Wildman–Crippen MR) is 111 cm³/mol. The van der Waals surface area contributed by atoms with E-state index in [0.717, 1.165) is 17.0 Å². The van der Waals surface area contributed by atoms with Crippen molar-refractivity contribution in [3.8, 4) is 28.5 Å². The van der Waals surface area contributed by atoms with Crippen LogP contribution in [0.25, 0.3) is 11.3 Å². The highest BCUT2D eigenvalue weighted by Crippen LogP contribution is 2.29. The number of hydrogen-bond acceptors (Lipinski definition) is 7. The molecule has 1 heterocycles. The van der Waals surface area contributed by atoms with Crippen molar-refractivity contribution in [3.05, 3.63) is 53.4 Å². The van der Waals surface area contributed by atoms with Crippen LogP contribution < -0.4 is 19.5 Å². The number of carbonyl (C=O) groups is 2. The first kappa shape index (κ1) is 20.3. The molecule has 29 heavy (non-hydrogen) atoms. The van der Waals surface area contributed by atoms with Crippen LogP contribution in [0, 0.1) is 0 Å². The van der Waals surface area contributed by atoms with Crippen LogP contribution in [0.3, 0.4) is 0 Å². The number of nitrogens with one attached hydrogen (secondary N) is 1. The van der Waals surface area contributed by atoms with Gasteiger partial charge < -0.3 is 14.2 Å². The third-order valence-corrected chi connectivity index (χ3v) is 4.82. The molecule has 0 bridgehead atoms. The van der Waals surface area contributed by atoms with E-state index >= 15 is 0 Å². The van der Waals surface area contributed by atoms with E-state index < -0.39 is 0 Å². The summed E-state index contributed by atoms with van der Waals surface area (Å²) in [6.45, 7) is 1.25. The van der Waals surface area contributed by atoms with Gasteiger partial charge in [-0.15, -0.1) is 11.3 Å². The highest BCUT2D eigenvalue weighted by atomic mass is 32.1. The number of nitrogens with zero attached hydrogens (tertiary/aromatic N) is 1. The zero-order chi connectivity index (χ0) is 20.8.